The minimum absolute atomic E-state index is 0.480. The van der Waals surface area contributed by atoms with Crippen molar-refractivity contribution in [1.29, 1.82) is 0 Å². The van der Waals surface area contributed by atoms with Crippen LogP contribution in [-0.4, -0.2) is 21.4 Å². The average molecular weight is 367 g/mol. The van der Waals surface area contributed by atoms with Crippen LogP contribution in [0.3, 0.4) is 0 Å². The SMILES string of the molecule is Cc1onc(-c2ccccc2)c1-c1nnc(C[NH2+]C2CCCCCCC2)o1. The Morgan fingerprint density at radius 3 is 2.52 bits per heavy atom. The lowest BCUT2D eigenvalue weighted by atomic mass is 9.97. The van der Waals surface area contributed by atoms with E-state index in [1.807, 2.05) is 37.3 Å². The molecule has 6 nitrogen and oxygen atoms in total. The summed E-state index contributed by atoms with van der Waals surface area (Å²) in [5.74, 6) is 1.83. The topological polar surface area (TPSA) is 81.6 Å². The Labute approximate surface area is 159 Å². The van der Waals surface area contributed by atoms with Crippen molar-refractivity contribution in [3.05, 3.63) is 42.0 Å². The minimum Gasteiger partial charge on any atom is -0.415 e. The van der Waals surface area contributed by atoms with Crippen molar-refractivity contribution in [2.24, 2.45) is 0 Å². The number of nitrogens with two attached hydrogens (primary N) is 1. The lowest BCUT2D eigenvalue weighted by Crippen LogP contribution is -2.88. The molecule has 0 radical (unpaired) electrons. The molecule has 2 N–H and O–H groups in total. The quantitative estimate of drug-likeness (QED) is 0.740. The van der Waals surface area contributed by atoms with Crippen molar-refractivity contribution in [2.45, 2.75) is 64.5 Å². The van der Waals surface area contributed by atoms with Gasteiger partial charge in [-0.2, -0.15) is 0 Å². The van der Waals surface area contributed by atoms with Gasteiger partial charge >= 0.3 is 0 Å². The van der Waals surface area contributed by atoms with Gasteiger partial charge in [0, 0.05) is 5.56 Å². The largest absolute Gasteiger partial charge is 0.415 e. The van der Waals surface area contributed by atoms with Crippen LogP contribution in [0.25, 0.3) is 22.7 Å². The maximum atomic E-state index is 5.96. The highest BCUT2D eigenvalue weighted by molar-refractivity contribution is 5.77. The van der Waals surface area contributed by atoms with Crippen molar-refractivity contribution < 1.29 is 14.3 Å². The third kappa shape index (κ3) is 4.27. The van der Waals surface area contributed by atoms with Crippen molar-refractivity contribution in [1.82, 2.24) is 15.4 Å². The molecule has 1 aromatic carbocycles. The summed E-state index contributed by atoms with van der Waals surface area (Å²) in [6.07, 6.45) is 9.34. The maximum Gasteiger partial charge on any atom is 0.271 e. The van der Waals surface area contributed by atoms with Crippen molar-refractivity contribution in [3.63, 3.8) is 0 Å². The van der Waals surface area contributed by atoms with Crippen LogP contribution in [0.15, 0.2) is 39.3 Å². The van der Waals surface area contributed by atoms with Crippen LogP contribution < -0.4 is 5.32 Å². The summed E-state index contributed by atoms with van der Waals surface area (Å²) in [5.41, 5.74) is 2.50. The van der Waals surface area contributed by atoms with Crippen molar-refractivity contribution in [2.75, 3.05) is 0 Å². The Kier molecular flexibility index (Phi) is 5.63. The normalized spacial score (nSPS) is 16.2. The molecule has 0 atom stereocenters. The third-order valence-corrected chi connectivity index (χ3v) is 5.37. The number of aryl methyl sites for hydroxylation is 1. The minimum atomic E-state index is 0.480. The first-order valence-corrected chi connectivity index (χ1v) is 9.99. The number of nitrogens with zero attached hydrogens (tertiary/aromatic N) is 3. The number of rotatable bonds is 5. The van der Waals surface area contributed by atoms with E-state index in [2.05, 4.69) is 20.7 Å². The summed E-state index contributed by atoms with van der Waals surface area (Å²) < 4.78 is 11.4. The van der Waals surface area contributed by atoms with E-state index in [1.54, 1.807) is 0 Å². The molecule has 0 spiro atoms. The highest BCUT2D eigenvalue weighted by Crippen LogP contribution is 2.33. The Morgan fingerprint density at radius 2 is 1.74 bits per heavy atom. The first-order valence-electron chi connectivity index (χ1n) is 9.99. The molecule has 0 amide bonds. The summed E-state index contributed by atoms with van der Waals surface area (Å²) >= 11 is 0. The van der Waals surface area contributed by atoms with E-state index in [-0.39, 0.29) is 0 Å². The van der Waals surface area contributed by atoms with E-state index < -0.39 is 0 Å². The standard InChI is InChI=1S/C21H26N4O2/c1-15-19(20(25-27-15)16-10-6-5-7-11-16)21-24-23-18(26-21)14-22-17-12-8-3-2-4-9-13-17/h5-7,10-11,17,22H,2-4,8-9,12-14H2,1H3/p+1. The number of benzene rings is 1. The maximum absolute atomic E-state index is 5.96. The van der Waals surface area contributed by atoms with Crippen molar-refractivity contribution in [3.8, 4) is 22.7 Å². The first kappa shape index (κ1) is 17.9. The predicted molar refractivity (Wildman–Crippen MR) is 102 cm³/mol. The summed E-state index contributed by atoms with van der Waals surface area (Å²) in [6, 6.07) is 10.6. The molecular formula is C21H27N4O2+. The fraction of sp³-hybridized carbons (Fsp3) is 0.476. The van der Waals surface area contributed by atoms with Gasteiger partial charge in [-0.05, 0) is 32.6 Å². The van der Waals surface area contributed by atoms with Gasteiger partial charge in [-0.15, -0.1) is 10.2 Å². The molecular weight excluding hydrogens is 340 g/mol. The molecule has 1 saturated carbocycles. The molecule has 3 aromatic rings. The van der Waals surface area contributed by atoms with Gasteiger partial charge in [-0.25, -0.2) is 0 Å². The fourth-order valence-corrected chi connectivity index (χ4v) is 3.85. The molecule has 0 saturated heterocycles. The van der Waals surface area contributed by atoms with Crippen LogP contribution >= 0.6 is 0 Å². The molecule has 0 unspecified atom stereocenters. The average Bonchev–Trinajstić information content (AvgIpc) is 3.28. The summed E-state index contributed by atoms with van der Waals surface area (Å²) in [6.45, 7) is 2.60. The molecule has 1 aliphatic rings. The summed E-state index contributed by atoms with van der Waals surface area (Å²) in [5, 5.41) is 15.1. The van der Waals surface area contributed by atoms with E-state index >= 15 is 0 Å². The molecule has 2 heterocycles. The number of quaternary nitrogens is 1. The zero-order valence-electron chi connectivity index (χ0n) is 15.9. The lowest BCUT2D eigenvalue weighted by molar-refractivity contribution is -0.708. The molecule has 6 heteroatoms. The van der Waals surface area contributed by atoms with Crippen LogP contribution in [0.5, 0.6) is 0 Å². The van der Waals surface area contributed by atoms with Crippen LogP contribution in [0.1, 0.15) is 56.6 Å². The van der Waals surface area contributed by atoms with Gasteiger partial charge in [0.1, 0.15) is 17.0 Å². The monoisotopic (exact) mass is 367 g/mol. The van der Waals surface area contributed by atoms with Crippen LogP contribution in [-0.2, 0) is 6.54 Å². The Balaban J connectivity index is 1.47. The Morgan fingerprint density at radius 1 is 1.00 bits per heavy atom. The van der Waals surface area contributed by atoms with Gasteiger partial charge < -0.3 is 14.3 Å². The van der Waals surface area contributed by atoms with E-state index in [4.69, 9.17) is 8.94 Å². The molecule has 142 valence electrons. The highest BCUT2D eigenvalue weighted by atomic mass is 16.5. The van der Waals surface area contributed by atoms with Crippen LogP contribution in [0, 0.1) is 6.92 Å². The molecule has 27 heavy (non-hydrogen) atoms. The smallest absolute Gasteiger partial charge is 0.271 e. The zero-order chi connectivity index (χ0) is 18.5. The molecule has 0 aliphatic heterocycles. The summed E-state index contributed by atoms with van der Waals surface area (Å²) in [4.78, 5) is 0. The van der Waals surface area contributed by atoms with Crippen LogP contribution in [0.4, 0.5) is 0 Å². The van der Waals surface area contributed by atoms with Gasteiger partial charge in [0.25, 0.3) is 11.8 Å². The second-order valence-electron chi connectivity index (χ2n) is 7.37. The van der Waals surface area contributed by atoms with E-state index in [0.717, 1.165) is 23.4 Å². The lowest BCUT2D eigenvalue weighted by Gasteiger charge is -2.17. The molecule has 0 bridgehead atoms. The second kappa shape index (κ2) is 8.48. The van der Waals surface area contributed by atoms with Gasteiger partial charge in [0.05, 0.1) is 6.04 Å². The second-order valence-corrected chi connectivity index (χ2v) is 7.37. The van der Waals surface area contributed by atoms with Gasteiger partial charge in [0.15, 0.2) is 6.54 Å². The first-order chi connectivity index (χ1) is 13.3. The van der Waals surface area contributed by atoms with Crippen molar-refractivity contribution >= 4 is 0 Å². The van der Waals surface area contributed by atoms with E-state index in [0.29, 0.717) is 23.6 Å². The molecule has 1 aliphatic carbocycles. The highest BCUT2D eigenvalue weighted by Gasteiger charge is 2.23. The number of hydrogen-bond acceptors (Lipinski definition) is 5. The Bertz CT molecular complexity index is 848. The van der Waals surface area contributed by atoms with Gasteiger partial charge in [0.2, 0.25) is 0 Å². The summed E-state index contributed by atoms with van der Waals surface area (Å²) in [7, 11) is 0. The van der Waals surface area contributed by atoms with Crippen LogP contribution in [0.2, 0.25) is 0 Å². The predicted octanol–water partition coefficient (Wildman–Crippen LogP) is 3.88. The molecule has 4 rings (SSSR count). The third-order valence-electron chi connectivity index (χ3n) is 5.37. The number of hydrogen-bond donors (Lipinski definition) is 1. The van der Waals surface area contributed by atoms with E-state index in [1.165, 1.54) is 44.9 Å². The van der Waals surface area contributed by atoms with Gasteiger partial charge in [-0.3, -0.25) is 0 Å². The fourth-order valence-electron chi connectivity index (χ4n) is 3.85. The van der Waals surface area contributed by atoms with E-state index in [9.17, 15) is 0 Å². The molecule has 2 aromatic heterocycles. The molecule has 1 fully saturated rings. The number of aromatic nitrogens is 3. The van der Waals surface area contributed by atoms with Gasteiger partial charge in [-0.1, -0.05) is 54.8 Å². The Hall–Kier alpha value is -2.47. The zero-order valence-corrected chi connectivity index (χ0v) is 15.9.